The zero-order chi connectivity index (χ0) is 11.4. The molecule has 0 bridgehead atoms. The van der Waals surface area contributed by atoms with Gasteiger partial charge in [-0.25, -0.2) is 4.79 Å². The van der Waals surface area contributed by atoms with Crippen LogP contribution in [-0.2, 0) is 9.59 Å². The molecule has 2 atom stereocenters. The fourth-order valence-corrected chi connectivity index (χ4v) is 2.16. The van der Waals surface area contributed by atoms with Gasteiger partial charge in [-0.3, -0.25) is 4.79 Å². The normalized spacial score (nSPS) is 23.2. The molecule has 0 aromatic carbocycles. The molecule has 5 heteroatoms. The third-order valence-electron chi connectivity index (χ3n) is 2.72. The van der Waals surface area contributed by atoms with Crippen molar-refractivity contribution in [2.75, 3.05) is 12.3 Å². The predicted molar refractivity (Wildman–Crippen MR) is 60.0 cm³/mol. The van der Waals surface area contributed by atoms with Gasteiger partial charge in [-0.2, -0.15) is 12.6 Å². The number of hydrogen-bond donors (Lipinski definition) is 2. The summed E-state index contributed by atoms with van der Waals surface area (Å²) in [4.78, 5) is 24.1. The van der Waals surface area contributed by atoms with Gasteiger partial charge < -0.3 is 10.0 Å². The molecule has 1 aliphatic heterocycles. The first kappa shape index (κ1) is 12.4. The van der Waals surface area contributed by atoms with Crippen LogP contribution in [0.3, 0.4) is 0 Å². The number of aliphatic carboxylic acids is 1. The number of rotatable bonds is 5. The minimum absolute atomic E-state index is 0.0464. The van der Waals surface area contributed by atoms with Gasteiger partial charge >= 0.3 is 5.97 Å². The van der Waals surface area contributed by atoms with E-state index in [-0.39, 0.29) is 11.8 Å². The third-order valence-corrected chi connectivity index (χ3v) is 3.24. The van der Waals surface area contributed by atoms with Crippen LogP contribution in [0, 0.1) is 5.92 Å². The predicted octanol–water partition coefficient (Wildman–Crippen LogP) is 1.02. The Hall–Kier alpha value is -0.710. The summed E-state index contributed by atoms with van der Waals surface area (Å²) in [7, 11) is 0. The van der Waals surface area contributed by atoms with Gasteiger partial charge in [0.15, 0.2) is 0 Å². The van der Waals surface area contributed by atoms with Crippen LogP contribution in [0.1, 0.15) is 26.2 Å². The summed E-state index contributed by atoms with van der Waals surface area (Å²) in [5, 5.41) is 9.03. The van der Waals surface area contributed by atoms with Crippen molar-refractivity contribution in [3.63, 3.8) is 0 Å². The second kappa shape index (κ2) is 5.39. The highest BCUT2D eigenvalue weighted by Gasteiger charge is 2.36. The van der Waals surface area contributed by atoms with E-state index >= 15 is 0 Å². The Morgan fingerprint density at radius 1 is 1.73 bits per heavy atom. The molecular weight excluding hydrogens is 214 g/mol. The minimum atomic E-state index is -0.898. The number of carbonyl (C=O) groups is 2. The van der Waals surface area contributed by atoms with Crippen molar-refractivity contribution in [2.24, 2.45) is 5.92 Å². The Morgan fingerprint density at radius 3 is 2.80 bits per heavy atom. The second-order valence-electron chi connectivity index (χ2n) is 3.94. The van der Waals surface area contributed by atoms with Gasteiger partial charge in [-0.05, 0) is 18.1 Å². The van der Waals surface area contributed by atoms with Crippen LogP contribution < -0.4 is 0 Å². The number of carbonyl (C=O) groups excluding carboxylic acids is 1. The van der Waals surface area contributed by atoms with E-state index in [0.29, 0.717) is 25.1 Å². The van der Waals surface area contributed by atoms with Crippen molar-refractivity contribution in [3.05, 3.63) is 0 Å². The Balaban J connectivity index is 2.68. The van der Waals surface area contributed by atoms with Gasteiger partial charge in [-0.1, -0.05) is 13.3 Å². The van der Waals surface area contributed by atoms with E-state index in [1.165, 1.54) is 4.90 Å². The fourth-order valence-electron chi connectivity index (χ4n) is 1.92. The molecule has 4 nitrogen and oxygen atoms in total. The van der Waals surface area contributed by atoms with Gasteiger partial charge in [0.2, 0.25) is 5.91 Å². The highest BCUT2D eigenvalue weighted by atomic mass is 32.1. The van der Waals surface area contributed by atoms with Gasteiger partial charge in [0, 0.05) is 13.0 Å². The zero-order valence-corrected chi connectivity index (χ0v) is 9.74. The number of carboxylic acids is 1. The van der Waals surface area contributed by atoms with Crippen LogP contribution in [0.2, 0.25) is 0 Å². The molecule has 0 aromatic heterocycles. The van der Waals surface area contributed by atoms with E-state index in [1.54, 1.807) is 0 Å². The molecule has 1 unspecified atom stereocenters. The fraction of sp³-hybridized carbons (Fsp3) is 0.800. The lowest BCUT2D eigenvalue weighted by Gasteiger charge is -2.24. The highest BCUT2D eigenvalue weighted by Crippen LogP contribution is 2.23. The van der Waals surface area contributed by atoms with Crippen molar-refractivity contribution in [2.45, 2.75) is 32.2 Å². The average Bonchev–Trinajstić information content (AvgIpc) is 2.55. The number of amides is 1. The topological polar surface area (TPSA) is 57.6 Å². The van der Waals surface area contributed by atoms with Crippen LogP contribution in [0.4, 0.5) is 0 Å². The number of nitrogens with zero attached hydrogens (tertiary/aromatic N) is 1. The molecule has 86 valence electrons. The molecule has 1 fully saturated rings. The molecule has 0 radical (unpaired) electrons. The van der Waals surface area contributed by atoms with E-state index < -0.39 is 12.0 Å². The molecule has 1 heterocycles. The third kappa shape index (κ3) is 2.87. The van der Waals surface area contributed by atoms with Crippen LogP contribution in [-0.4, -0.2) is 40.2 Å². The first-order valence-corrected chi connectivity index (χ1v) is 5.86. The van der Waals surface area contributed by atoms with Crippen LogP contribution in [0.5, 0.6) is 0 Å². The molecule has 1 N–H and O–H groups in total. The summed E-state index contributed by atoms with van der Waals surface area (Å²) in [5.41, 5.74) is 0. The lowest BCUT2D eigenvalue weighted by molar-refractivity contribution is -0.148. The summed E-state index contributed by atoms with van der Waals surface area (Å²) in [6.07, 6.45) is 1.74. The van der Waals surface area contributed by atoms with Gasteiger partial charge in [0.1, 0.15) is 6.04 Å². The number of carboxylic acid groups (broad SMARTS) is 1. The second-order valence-corrected chi connectivity index (χ2v) is 4.31. The van der Waals surface area contributed by atoms with E-state index in [4.69, 9.17) is 5.11 Å². The average molecular weight is 231 g/mol. The largest absolute Gasteiger partial charge is 0.480 e. The van der Waals surface area contributed by atoms with Gasteiger partial charge in [0.05, 0.1) is 0 Å². The quantitative estimate of drug-likeness (QED) is 0.694. The molecular formula is C10H17NO3S. The molecule has 0 aliphatic carbocycles. The lowest BCUT2D eigenvalue weighted by atomic mass is 10.1. The summed E-state index contributed by atoms with van der Waals surface area (Å²) < 4.78 is 0. The maximum absolute atomic E-state index is 11.6. The summed E-state index contributed by atoms with van der Waals surface area (Å²) in [6.45, 7) is 2.46. The van der Waals surface area contributed by atoms with E-state index in [0.717, 1.165) is 6.42 Å². The summed E-state index contributed by atoms with van der Waals surface area (Å²) >= 11 is 4.14. The Labute approximate surface area is 95.1 Å². The van der Waals surface area contributed by atoms with Crippen molar-refractivity contribution >= 4 is 24.5 Å². The number of hydrogen-bond acceptors (Lipinski definition) is 3. The Kier molecular flexibility index (Phi) is 4.45. The zero-order valence-electron chi connectivity index (χ0n) is 8.85. The maximum Gasteiger partial charge on any atom is 0.326 e. The molecule has 1 rings (SSSR count). The monoisotopic (exact) mass is 231 g/mol. The van der Waals surface area contributed by atoms with Crippen LogP contribution in [0.25, 0.3) is 0 Å². The Morgan fingerprint density at radius 2 is 2.40 bits per heavy atom. The lowest BCUT2D eigenvalue weighted by Crippen LogP contribution is -2.42. The van der Waals surface area contributed by atoms with Crippen molar-refractivity contribution < 1.29 is 14.7 Å². The first-order chi connectivity index (χ1) is 7.10. The molecule has 1 saturated heterocycles. The SMILES string of the molecule is CCC[C@@H](C(=O)O)N1CC(CS)CC1=O. The first-order valence-electron chi connectivity index (χ1n) is 5.23. The molecule has 15 heavy (non-hydrogen) atoms. The van der Waals surface area contributed by atoms with Crippen LogP contribution >= 0.6 is 12.6 Å². The maximum atomic E-state index is 11.6. The number of likely N-dealkylation sites (tertiary alicyclic amines) is 1. The molecule has 0 aromatic rings. The summed E-state index contributed by atoms with van der Waals surface area (Å²) in [6, 6.07) is -0.646. The minimum Gasteiger partial charge on any atom is -0.480 e. The van der Waals surface area contributed by atoms with Crippen LogP contribution in [0.15, 0.2) is 0 Å². The van der Waals surface area contributed by atoms with Crippen molar-refractivity contribution in [1.29, 1.82) is 0 Å². The van der Waals surface area contributed by atoms with Gasteiger partial charge in [0.25, 0.3) is 0 Å². The Bertz CT molecular complexity index is 257. The summed E-state index contributed by atoms with van der Waals surface area (Å²) in [5.74, 6) is -0.0970. The van der Waals surface area contributed by atoms with E-state index in [2.05, 4.69) is 12.6 Å². The van der Waals surface area contributed by atoms with Crippen molar-refractivity contribution in [1.82, 2.24) is 4.90 Å². The molecule has 0 saturated carbocycles. The molecule has 1 aliphatic rings. The smallest absolute Gasteiger partial charge is 0.326 e. The highest BCUT2D eigenvalue weighted by molar-refractivity contribution is 7.80. The standard InChI is InChI=1S/C10H17NO3S/c1-2-3-8(10(13)14)11-5-7(6-15)4-9(11)12/h7-8,15H,2-6H2,1H3,(H,13,14)/t7?,8-/m0/s1. The number of thiol groups is 1. The van der Waals surface area contributed by atoms with Gasteiger partial charge in [-0.15, -0.1) is 0 Å². The van der Waals surface area contributed by atoms with E-state index in [1.807, 2.05) is 6.92 Å². The van der Waals surface area contributed by atoms with E-state index in [9.17, 15) is 9.59 Å². The molecule has 0 spiro atoms. The molecule has 1 amide bonds. The van der Waals surface area contributed by atoms with Crippen molar-refractivity contribution in [3.8, 4) is 0 Å².